The van der Waals surface area contributed by atoms with Crippen LogP contribution in [0.15, 0.2) is 53.1 Å². The summed E-state index contributed by atoms with van der Waals surface area (Å²) in [4.78, 5) is 20.7. The average Bonchev–Trinajstić information content (AvgIpc) is 3.22. The number of piperazine rings is 1. The molecule has 10 heteroatoms. The lowest BCUT2D eigenvalue weighted by Gasteiger charge is -2.34. The monoisotopic (exact) mass is 450 g/mol. The second kappa shape index (κ2) is 8.68. The molecule has 0 spiro atoms. The summed E-state index contributed by atoms with van der Waals surface area (Å²) in [6.45, 7) is 2.53. The van der Waals surface area contributed by atoms with E-state index >= 15 is 0 Å². The molecule has 31 heavy (non-hydrogen) atoms. The number of aromatic nitrogens is 2. The van der Waals surface area contributed by atoms with Crippen LogP contribution in [0.5, 0.6) is 0 Å². The lowest BCUT2D eigenvalue weighted by molar-refractivity contribution is -0.137. The molecule has 1 amide bonds. The summed E-state index contributed by atoms with van der Waals surface area (Å²) in [6, 6.07) is 11.5. The quantitative estimate of drug-likeness (QED) is 0.590. The zero-order chi connectivity index (χ0) is 22.0. The summed E-state index contributed by atoms with van der Waals surface area (Å²) in [7, 11) is 0. The number of carbonyl (C=O) groups is 1. The van der Waals surface area contributed by atoms with Gasteiger partial charge in [0.1, 0.15) is 0 Å². The van der Waals surface area contributed by atoms with Crippen molar-refractivity contribution in [1.82, 2.24) is 19.9 Å². The number of alkyl halides is 3. The number of halogens is 4. The Labute approximate surface area is 181 Å². The van der Waals surface area contributed by atoms with E-state index in [1.54, 1.807) is 17.0 Å². The van der Waals surface area contributed by atoms with Gasteiger partial charge < -0.3 is 9.42 Å². The van der Waals surface area contributed by atoms with E-state index in [1.807, 2.05) is 12.1 Å². The first-order valence-corrected chi connectivity index (χ1v) is 9.95. The summed E-state index contributed by atoms with van der Waals surface area (Å²) in [5.41, 5.74) is 0.129. The molecule has 0 aliphatic carbocycles. The number of amides is 1. The molecule has 0 radical (unpaired) electrons. The fourth-order valence-corrected chi connectivity index (χ4v) is 3.57. The summed E-state index contributed by atoms with van der Waals surface area (Å²) in [6.07, 6.45) is -4.42. The third kappa shape index (κ3) is 4.88. The smallest absolute Gasteiger partial charge is 0.336 e. The maximum absolute atomic E-state index is 12.7. The summed E-state index contributed by atoms with van der Waals surface area (Å²) in [5.74, 6) is 0.572. The van der Waals surface area contributed by atoms with E-state index in [4.69, 9.17) is 16.1 Å². The minimum atomic E-state index is -4.42. The molecule has 6 nitrogen and oxygen atoms in total. The minimum Gasteiger partial charge on any atom is -0.336 e. The van der Waals surface area contributed by atoms with E-state index in [2.05, 4.69) is 15.0 Å². The number of nitrogens with zero attached hydrogens (tertiary/aromatic N) is 4. The van der Waals surface area contributed by atoms with Crippen LogP contribution >= 0.6 is 11.6 Å². The Balaban J connectivity index is 1.33. The highest BCUT2D eigenvalue weighted by molar-refractivity contribution is 6.33. The molecule has 0 saturated carbocycles. The Morgan fingerprint density at radius 1 is 1.03 bits per heavy atom. The molecule has 2 aromatic carbocycles. The van der Waals surface area contributed by atoms with E-state index in [-0.39, 0.29) is 11.5 Å². The predicted molar refractivity (Wildman–Crippen MR) is 107 cm³/mol. The van der Waals surface area contributed by atoms with Gasteiger partial charge in [0.2, 0.25) is 0 Å². The first kappa shape index (κ1) is 21.3. The van der Waals surface area contributed by atoms with Crippen LogP contribution in [0, 0.1) is 0 Å². The van der Waals surface area contributed by atoms with Gasteiger partial charge in [-0.05, 0) is 36.4 Å². The normalized spacial score (nSPS) is 15.3. The van der Waals surface area contributed by atoms with Crippen molar-refractivity contribution in [2.24, 2.45) is 0 Å². The maximum Gasteiger partial charge on any atom is 0.416 e. The van der Waals surface area contributed by atoms with E-state index in [0.717, 1.165) is 12.1 Å². The van der Waals surface area contributed by atoms with Crippen LogP contribution in [0.1, 0.15) is 21.7 Å². The van der Waals surface area contributed by atoms with Gasteiger partial charge in [0.15, 0.2) is 5.82 Å². The molecule has 4 rings (SSSR count). The Kier molecular flexibility index (Phi) is 5.97. The molecule has 1 fully saturated rings. The standard InChI is InChI=1S/C21H18ClF3N4O2/c22-17-4-2-1-3-16(17)19-26-18(27-31-19)13-28-9-11-29(12-10-28)20(30)14-5-7-15(8-6-14)21(23,24)25/h1-8H,9-13H2. The van der Waals surface area contributed by atoms with Crippen LogP contribution in [0.4, 0.5) is 13.2 Å². The van der Waals surface area contributed by atoms with E-state index in [9.17, 15) is 18.0 Å². The van der Waals surface area contributed by atoms with E-state index < -0.39 is 11.7 Å². The van der Waals surface area contributed by atoms with Crippen LogP contribution in [-0.2, 0) is 12.7 Å². The second-order valence-corrected chi connectivity index (χ2v) is 7.55. The Morgan fingerprint density at radius 3 is 2.35 bits per heavy atom. The molecule has 1 aliphatic rings. The highest BCUT2D eigenvalue weighted by Crippen LogP contribution is 2.29. The lowest BCUT2D eigenvalue weighted by Crippen LogP contribution is -2.48. The van der Waals surface area contributed by atoms with Crippen molar-refractivity contribution in [2.45, 2.75) is 12.7 Å². The SMILES string of the molecule is O=C(c1ccc(C(F)(F)F)cc1)N1CCN(Cc2noc(-c3ccccc3Cl)n2)CC1. The zero-order valence-electron chi connectivity index (χ0n) is 16.3. The topological polar surface area (TPSA) is 62.5 Å². The van der Waals surface area contributed by atoms with Gasteiger partial charge in [0.25, 0.3) is 11.8 Å². The highest BCUT2D eigenvalue weighted by Gasteiger charge is 2.31. The van der Waals surface area contributed by atoms with Crippen molar-refractivity contribution in [3.05, 3.63) is 70.5 Å². The van der Waals surface area contributed by atoms with Crippen molar-refractivity contribution < 1.29 is 22.5 Å². The highest BCUT2D eigenvalue weighted by atomic mass is 35.5. The first-order valence-electron chi connectivity index (χ1n) is 9.57. The van der Waals surface area contributed by atoms with Gasteiger partial charge in [-0.1, -0.05) is 28.9 Å². The molecule has 1 saturated heterocycles. The van der Waals surface area contributed by atoms with Crippen LogP contribution in [0.3, 0.4) is 0 Å². The van der Waals surface area contributed by atoms with Crippen LogP contribution in [-0.4, -0.2) is 52.0 Å². The molecule has 0 bridgehead atoms. The molecule has 162 valence electrons. The summed E-state index contributed by atoms with van der Waals surface area (Å²) in [5, 5.41) is 4.52. The van der Waals surface area contributed by atoms with Gasteiger partial charge in [-0.25, -0.2) is 0 Å². The molecular formula is C21H18ClF3N4O2. The van der Waals surface area contributed by atoms with Gasteiger partial charge in [-0.15, -0.1) is 0 Å². The number of benzene rings is 2. The maximum atomic E-state index is 12.7. The van der Waals surface area contributed by atoms with E-state index in [1.165, 1.54) is 12.1 Å². The molecule has 0 unspecified atom stereocenters. The second-order valence-electron chi connectivity index (χ2n) is 7.14. The third-order valence-corrected chi connectivity index (χ3v) is 5.39. The van der Waals surface area contributed by atoms with Gasteiger partial charge in [0, 0.05) is 31.7 Å². The van der Waals surface area contributed by atoms with Crippen molar-refractivity contribution in [2.75, 3.05) is 26.2 Å². The molecule has 0 atom stereocenters. The average molecular weight is 451 g/mol. The predicted octanol–water partition coefficient (Wildman–Crippen LogP) is 4.37. The van der Waals surface area contributed by atoms with Gasteiger partial charge >= 0.3 is 6.18 Å². The van der Waals surface area contributed by atoms with Crippen LogP contribution in [0.25, 0.3) is 11.5 Å². The Morgan fingerprint density at radius 2 is 1.71 bits per heavy atom. The summed E-state index contributed by atoms with van der Waals surface area (Å²) >= 11 is 6.16. The third-order valence-electron chi connectivity index (χ3n) is 5.06. The number of hydrogen-bond donors (Lipinski definition) is 0. The molecule has 1 aliphatic heterocycles. The Bertz CT molecular complexity index is 1060. The number of hydrogen-bond acceptors (Lipinski definition) is 5. The Hall–Kier alpha value is -2.91. The number of carbonyl (C=O) groups excluding carboxylic acids is 1. The van der Waals surface area contributed by atoms with Gasteiger partial charge in [-0.2, -0.15) is 18.2 Å². The van der Waals surface area contributed by atoms with Crippen molar-refractivity contribution in [3.8, 4) is 11.5 Å². The summed E-state index contributed by atoms with van der Waals surface area (Å²) < 4.78 is 43.4. The molecular weight excluding hydrogens is 433 g/mol. The molecule has 1 aromatic heterocycles. The fraction of sp³-hybridized carbons (Fsp3) is 0.286. The lowest BCUT2D eigenvalue weighted by atomic mass is 10.1. The molecule has 2 heterocycles. The van der Waals surface area contributed by atoms with E-state index in [0.29, 0.717) is 55.0 Å². The molecule has 3 aromatic rings. The minimum absolute atomic E-state index is 0.240. The van der Waals surface area contributed by atoms with Gasteiger partial charge in [-0.3, -0.25) is 9.69 Å². The van der Waals surface area contributed by atoms with Crippen molar-refractivity contribution in [1.29, 1.82) is 0 Å². The zero-order valence-corrected chi connectivity index (χ0v) is 17.0. The fourth-order valence-electron chi connectivity index (χ4n) is 3.36. The van der Waals surface area contributed by atoms with Crippen LogP contribution < -0.4 is 0 Å². The largest absolute Gasteiger partial charge is 0.416 e. The van der Waals surface area contributed by atoms with Crippen molar-refractivity contribution in [3.63, 3.8) is 0 Å². The molecule has 0 N–H and O–H groups in total. The van der Waals surface area contributed by atoms with Crippen molar-refractivity contribution >= 4 is 17.5 Å². The number of rotatable bonds is 4. The first-order chi connectivity index (χ1) is 14.8. The van der Waals surface area contributed by atoms with Crippen LogP contribution in [0.2, 0.25) is 5.02 Å². The van der Waals surface area contributed by atoms with Gasteiger partial charge in [0.05, 0.1) is 22.7 Å².